The number of rotatable bonds is 0. The number of fused-ring (bicyclic) bond motifs is 1. The lowest BCUT2D eigenvalue weighted by Crippen LogP contribution is -2.47. The summed E-state index contributed by atoms with van der Waals surface area (Å²) in [6.45, 7) is 13.3. The molecule has 1 aliphatic rings. The van der Waals surface area contributed by atoms with Crippen LogP contribution < -0.4 is 0 Å². The molecule has 0 saturated carbocycles. The highest BCUT2D eigenvalue weighted by Crippen LogP contribution is 2.26. The van der Waals surface area contributed by atoms with Crippen LogP contribution in [0.15, 0.2) is 12.3 Å². The largest absolute Gasteiger partial charge is 0.508 e. The van der Waals surface area contributed by atoms with E-state index in [0.717, 1.165) is 5.56 Å². The van der Waals surface area contributed by atoms with Gasteiger partial charge in [-0.1, -0.05) is 20.8 Å². The van der Waals surface area contributed by atoms with Crippen molar-refractivity contribution in [3.63, 3.8) is 0 Å². The Hall–Kier alpha value is -1.98. The third kappa shape index (κ3) is 4.10. The third-order valence-corrected chi connectivity index (χ3v) is 4.12. The molecule has 24 heavy (non-hydrogen) atoms. The van der Waals surface area contributed by atoms with E-state index in [1.807, 2.05) is 37.6 Å². The molecule has 0 aromatic carbocycles. The summed E-state index contributed by atoms with van der Waals surface area (Å²) in [6.07, 6.45) is 1.28. The second-order valence-electron chi connectivity index (χ2n) is 8.13. The van der Waals surface area contributed by atoms with E-state index in [0.29, 0.717) is 18.8 Å². The van der Waals surface area contributed by atoms with Gasteiger partial charge in [-0.05, 0) is 37.8 Å². The van der Waals surface area contributed by atoms with Gasteiger partial charge in [0.1, 0.15) is 18.9 Å². The molecule has 2 heterocycles. The van der Waals surface area contributed by atoms with Gasteiger partial charge >= 0.3 is 6.16 Å². The van der Waals surface area contributed by atoms with E-state index >= 15 is 0 Å². The molecule has 0 N–H and O–H groups in total. The summed E-state index contributed by atoms with van der Waals surface area (Å²) in [4.78, 5) is 26.5. The standard InChI is InChI=1S/C18H28N2O4/c1-17(2,3)13-11-14-15(21)20(18(4,5)6)8-10-24-16(22)23-9-7-19(14)12-13/h11-12H,7-10H2,1-6H3. The summed E-state index contributed by atoms with van der Waals surface area (Å²) in [7, 11) is 0. The van der Waals surface area contributed by atoms with Crippen LogP contribution in [0, 0.1) is 0 Å². The van der Waals surface area contributed by atoms with Crippen LogP contribution in [0.4, 0.5) is 4.79 Å². The fourth-order valence-electron chi connectivity index (χ4n) is 2.65. The highest BCUT2D eigenvalue weighted by atomic mass is 16.7. The first kappa shape index (κ1) is 18.4. The molecule has 0 bridgehead atoms. The second kappa shape index (κ2) is 6.49. The molecule has 0 atom stereocenters. The summed E-state index contributed by atoms with van der Waals surface area (Å²) in [5, 5.41) is 0. The number of amides is 1. The fourth-order valence-corrected chi connectivity index (χ4v) is 2.65. The number of nitrogens with zero attached hydrogens (tertiary/aromatic N) is 2. The Balaban J connectivity index is 2.46. The van der Waals surface area contributed by atoms with Crippen LogP contribution in [-0.2, 0) is 21.4 Å². The number of cyclic esters (lactones) is 2. The van der Waals surface area contributed by atoms with E-state index in [1.165, 1.54) is 0 Å². The van der Waals surface area contributed by atoms with Gasteiger partial charge in [-0.3, -0.25) is 4.79 Å². The lowest BCUT2D eigenvalue weighted by Gasteiger charge is -2.35. The number of hydrogen-bond acceptors (Lipinski definition) is 4. The average molecular weight is 336 g/mol. The van der Waals surface area contributed by atoms with E-state index in [9.17, 15) is 9.59 Å². The van der Waals surface area contributed by atoms with Crippen molar-refractivity contribution in [3.05, 3.63) is 23.5 Å². The molecule has 1 amide bonds. The molecular weight excluding hydrogens is 308 g/mol. The van der Waals surface area contributed by atoms with Gasteiger partial charge < -0.3 is 18.9 Å². The van der Waals surface area contributed by atoms with Gasteiger partial charge in [-0.2, -0.15) is 0 Å². The van der Waals surface area contributed by atoms with Gasteiger partial charge in [0.15, 0.2) is 0 Å². The van der Waals surface area contributed by atoms with Crippen molar-refractivity contribution in [1.82, 2.24) is 9.47 Å². The normalized spacial score (nSPS) is 17.7. The predicted octanol–water partition coefficient (Wildman–Crippen LogP) is 3.19. The highest BCUT2D eigenvalue weighted by Gasteiger charge is 2.31. The Kier molecular flexibility index (Phi) is 4.97. The first-order valence-corrected chi connectivity index (χ1v) is 8.32. The summed E-state index contributed by atoms with van der Waals surface area (Å²) in [5.74, 6) is -0.0593. The molecule has 2 rings (SSSR count). The molecule has 0 spiro atoms. The summed E-state index contributed by atoms with van der Waals surface area (Å²) in [6, 6.07) is 1.95. The van der Waals surface area contributed by atoms with Gasteiger partial charge in [-0.25, -0.2) is 4.79 Å². The minimum absolute atomic E-state index is 0.0593. The molecule has 1 aromatic heterocycles. The maximum atomic E-state index is 13.2. The Morgan fingerprint density at radius 2 is 1.54 bits per heavy atom. The number of carbonyl (C=O) groups is 2. The zero-order valence-electron chi connectivity index (χ0n) is 15.5. The SMILES string of the molecule is CC(C)(C)c1cc2n(c1)CCOC(=O)OCCN(C(C)(C)C)C2=O. The number of hydrogen-bond donors (Lipinski definition) is 0. The highest BCUT2D eigenvalue weighted by molar-refractivity contribution is 5.93. The lowest BCUT2D eigenvalue weighted by atomic mass is 9.89. The van der Waals surface area contributed by atoms with Gasteiger partial charge in [0, 0.05) is 11.7 Å². The Morgan fingerprint density at radius 1 is 0.958 bits per heavy atom. The Morgan fingerprint density at radius 3 is 2.08 bits per heavy atom. The Bertz CT molecular complexity index is 620. The van der Waals surface area contributed by atoms with E-state index in [4.69, 9.17) is 9.47 Å². The third-order valence-electron chi connectivity index (χ3n) is 4.12. The van der Waals surface area contributed by atoms with Crippen LogP contribution in [0.1, 0.15) is 57.6 Å². The molecule has 1 aromatic rings. The van der Waals surface area contributed by atoms with Crippen molar-refractivity contribution in [1.29, 1.82) is 0 Å². The summed E-state index contributed by atoms with van der Waals surface area (Å²) < 4.78 is 12.0. The molecule has 6 nitrogen and oxygen atoms in total. The zero-order chi connectivity index (χ0) is 18.1. The summed E-state index contributed by atoms with van der Waals surface area (Å²) >= 11 is 0. The molecule has 0 aliphatic carbocycles. The quantitative estimate of drug-likeness (QED) is 0.683. The van der Waals surface area contributed by atoms with Crippen molar-refractivity contribution in [3.8, 4) is 0 Å². The van der Waals surface area contributed by atoms with Gasteiger partial charge in [-0.15, -0.1) is 0 Å². The topological polar surface area (TPSA) is 60.8 Å². The molecule has 0 saturated heterocycles. The van der Waals surface area contributed by atoms with E-state index in [1.54, 1.807) is 4.90 Å². The van der Waals surface area contributed by atoms with Crippen molar-refractivity contribution in [2.24, 2.45) is 0 Å². The average Bonchev–Trinajstić information content (AvgIpc) is 2.84. The number of aromatic nitrogens is 1. The molecule has 0 fully saturated rings. The fraction of sp³-hybridized carbons (Fsp3) is 0.667. The first-order chi connectivity index (χ1) is 11.0. The van der Waals surface area contributed by atoms with Gasteiger partial charge in [0.2, 0.25) is 0 Å². The van der Waals surface area contributed by atoms with Gasteiger partial charge in [0.25, 0.3) is 5.91 Å². The molecule has 134 valence electrons. The van der Waals surface area contributed by atoms with Gasteiger partial charge in [0.05, 0.1) is 13.1 Å². The van der Waals surface area contributed by atoms with Crippen LogP contribution >= 0.6 is 0 Å². The maximum absolute atomic E-state index is 13.2. The van der Waals surface area contributed by atoms with Crippen molar-refractivity contribution in [2.45, 2.75) is 59.0 Å². The second-order valence-corrected chi connectivity index (χ2v) is 8.13. The van der Waals surface area contributed by atoms with Crippen molar-refractivity contribution < 1.29 is 19.1 Å². The minimum atomic E-state index is -0.692. The smallest absolute Gasteiger partial charge is 0.432 e. The minimum Gasteiger partial charge on any atom is -0.432 e. The van der Waals surface area contributed by atoms with Crippen LogP contribution in [0.3, 0.4) is 0 Å². The maximum Gasteiger partial charge on any atom is 0.508 e. The predicted molar refractivity (Wildman–Crippen MR) is 91.2 cm³/mol. The van der Waals surface area contributed by atoms with Crippen molar-refractivity contribution in [2.75, 3.05) is 19.8 Å². The van der Waals surface area contributed by atoms with Crippen LogP contribution in [0.2, 0.25) is 0 Å². The molecule has 0 unspecified atom stereocenters. The zero-order valence-corrected chi connectivity index (χ0v) is 15.5. The monoisotopic (exact) mass is 336 g/mol. The van der Waals surface area contributed by atoms with E-state index in [-0.39, 0.29) is 30.1 Å². The van der Waals surface area contributed by atoms with Crippen LogP contribution in [-0.4, -0.2) is 46.8 Å². The van der Waals surface area contributed by atoms with E-state index in [2.05, 4.69) is 20.8 Å². The number of ether oxygens (including phenoxy) is 2. The molecule has 6 heteroatoms. The lowest BCUT2D eigenvalue weighted by molar-refractivity contribution is 0.0328. The Labute approximate surface area is 143 Å². The van der Waals surface area contributed by atoms with Crippen LogP contribution in [0.25, 0.3) is 0 Å². The molecular formula is C18H28N2O4. The first-order valence-electron chi connectivity index (χ1n) is 8.32. The summed E-state index contributed by atoms with van der Waals surface area (Å²) in [5.41, 5.74) is 1.26. The van der Waals surface area contributed by atoms with E-state index < -0.39 is 6.16 Å². The molecule has 1 aliphatic heterocycles. The number of carbonyl (C=O) groups excluding carboxylic acids is 2. The van der Waals surface area contributed by atoms with Crippen LogP contribution in [0.5, 0.6) is 0 Å². The van der Waals surface area contributed by atoms with Crippen molar-refractivity contribution >= 4 is 12.1 Å². The molecule has 0 radical (unpaired) electrons.